The average molecular weight is 523 g/mol. The molecular formula is C38H22N2O. The summed E-state index contributed by atoms with van der Waals surface area (Å²) in [6.07, 6.45) is 3.54. The normalized spacial score (nSPS) is 11.9. The molecule has 0 amide bonds. The lowest BCUT2D eigenvalue weighted by Gasteiger charge is -2.12. The maximum atomic E-state index is 6.53. The van der Waals surface area contributed by atoms with E-state index in [9.17, 15) is 0 Å². The Morgan fingerprint density at radius 3 is 1.95 bits per heavy atom. The van der Waals surface area contributed by atoms with Crippen molar-refractivity contribution in [2.45, 2.75) is 0 Å². The van der Waals surface area contributed by atoms with Gasteiger partial charge in [-0.2, -0.15) is 0 Å². The van der Waals surface area contributed by atoms with Gasteiger partial charge in [-0.05, 0) is 62.5 Å². The number of furan rings is 1. The minimum atomic E-state index is 0.910. The highest BCUT2D eigenvalue weighted by Crippen LogP contribution is 2.42. The summed E-state index contributed by atoms with van der Waals surface area (Å²) in [5.41, 5.74) is 8.27. The Labute approximate surface area is 235 Å². The molecule has 3 heteroatoms. The molecule has 7 aromatic carbocycles. The summed E-state index contributed by atoms with van der Waals surface area (Å²) in [4.78, 5) is 9.39. The molecule has 0 unspecified atom stereocenters. The van der Waals surface area contributed by atoms with Crippen molar-refractivity contribution in [1.29, 1.82) is 0 Å². The van der Waals surface area contributed by atoms with Gasteiger partial charge in [-0.1, -0.05) is 97.1 Å². The summed E-state index contributed by atoms with van der Waals surface area (Å²) in [5, 5.41) is 9.34. The Morgan fingerprint density at radius 1 is 0.439 bits per heavy atom. The molecule has 0 N–H and O–H groups in total. The van der Waals surface area contributed by atoms with E-state index in [0.717, 1.165) is 60.6 Å². The van der Waals surface area contributed by atoms with Gasteiger partial charge in [0.25, 0.3) is 0 Å². The minimum absolute atomic E-state index is 0.910. The third-order valence-corrected chi connectivity index (χ3v) is 8.32. The summed E-state index contributed by atoms with van der Waals surface area (Å²) in [6.45, 7) is 0. The second kappa shape index (κ2) is 8.48. The Bertz CT molecular complexity index is 2450. The molecule has 190 valence electrons. The SMILES string of the molecule is c1cc(-c2ccc3c(c2)c2ccccc2c2nccnc32)cc(-c2cc3ccccc3c3c2oc2ccccc23)c1. The zero-order chi connectivity index (χ0) is 26.9. The number of rotatable bonds is 2. The van der Waals surface area contributed by atoms with Crippen molar-refractivity contribution in [3.05, 3.63) is 134 Å². The van der Waals surface area contributed by atoms with Crippen molar-refractivity contribution >= 4 is 65.3 Å². The highest BCUT2D eigenvalue weighted by atomic mass is 16.3. The molecular weight excluding hydrogens is 500 g/mol. The lowest BCUT2D eigenvalue weighted by atomic mass is 9.92. The fraction of sp³-hybridized carbons (Fsp3) is 0. The monoisotopic (exact) mass is 522 g/mol. The van der Waals surface area contributed by atoms with Crippen LogP contribution in [0.5, 0.6) is 0 Å². The van der Waals surface area contributed by atoms with Crippen molar-refractivity contribution in [3.8, 4) is 22.3 Å². The molecule has 0 aliphatic carbocycles. The Morgan fingerprint density at radius 2 is 1.10 bits per heavy atom. The fourth-order valence-corrected chi connectivity index (χ4v) is 6.46. The van der Waals surface area contributed by atoms with E-state index < -0.39 is 0 Å². The molecule has 41 heavy (non-hydrogen) atoms. The van der Waals surface area contributed by atoms with Crippen molar-refractivity contribution in [2.75, 3.05) is 0 Å². The summed E-state index contributed by atoms with van der Waals surface area (Å²) in [5.74, 6) is 0. The van der Waals surface area contributed by atoms with Crippen LogP contribution in [-0.2, 0) is 0 Å². The third-order valence-electron chi connectivity index (χ3n) is 8.32. The van der Waals surface area contributed by atoms with Crippen LogP contribution in [0.2, 0.25) is 0 Å². The van der Waals surface area contributed by atoms with Gasteiger partial charge in [0.15, 0.2) is 0 Å². The molecule has 0 bridgehead atoms. The van der Waals surface area contributed by atoms with Crippen LogP contribution in [0.1, 0.15) is 0 Å². The second-order valence-electron chi connectivity index (χ2n) is 10.6. The first-order valence-electron chi connectivity index (χ1n) is 13.8. The van der Waals surface area contributed by atoms with Crippen LogP contribution < -0.4 is 0 Å². The predicted octanol–water partition coefficient (Wildman–Crippen LogP) is 10.3. The summed E-state index contributed by atoms with van der Waals surface area (Å²) in [7, 11) is 0. The molecule has 9 rings (SSSR count). The molecule has 9 aromatic rings. The van der Waals surface area contributed by atoms with Gasteiger partial charge in [0.1, 0.15) is 11.2 Å². The first-order chi connectivity index (χ1) is 20.3. The van der Waals surface area contributed by atoms with E-state index in [0.29, 0.717) is 0 Å². The van der Waals surface area contributed by atoms with Gasteiger partial charge in [0.05, 0.1) is 11.0 Å². The zero-order valence-electron chi connectivity index (χ0n) is 22.0. The van der Waals surface area contributed by atoms with Crippen LogP contribution in [0.3, 0.4) is 0 Å². The number of hydrogen-bond acceptors (Lipinski definition) is 3. The quantitative estimate of drug-likeness (QED) is 0.212. The highest BCUT2D eigenvalue weighted by molar-refractivity contribution is 6.24. The zero-order valence-corrected chi connectivity index (χ0v) is 22.0. The van der Waals surface area contributed by atoms with Crippen LogP contribution in [0.15, 0.2) is 138 Å². The molecule has 0 saturated heterocycles. The maximum absolute atomic E-state index is 6.53. The standard InChI is InChI=1S/C38H22N2O/c1-2-11-27-26(8-1)22-32(38-35(27)31-14-5-6-15-34(31)41-38)25-10-7-9-23(20-25)24-16-17-30-33(21-24)28-12-3-4-13-29(28)36-37(30)40-19-18-39-36/h1-22H. The van der Waals surface area contributed by atoms with Crippen molar-refractivity contribution in [1.82, 2.24) is 9.97 Å². The highest BCUT2D eigenvalue weighted by Gasteiger charge is 2.17. The number of nitrogens with zero attached hydrogens (tertiary/aromatic N) is 2. The van der Waals surface area contributed by atoms with Gasteiger partial charge in [-0.15, -0.1) is 0 Å². The van der Waals surface area contributed by atoms with Crippen molar-refractivity contribution < 1.29 is 4.42 Å². The van der Waals surface area contributed by atoms with Crippen LogP contribution in [0, 0.1) is 0 Å². The van der Waals surface area contributed by atoms with E-state index in [-0.39, 0.29) is 0 Å². The molecule has 0 radical (unpaired) electrons. The summed E-state index contributed by atoms with van der Waals surface area (Å²) < 4.78 is 6.53. The molecule has 0 atom stereocenters. The number of hydrogen-bond donors (Lipinski definition) is 0. The average Bonchev–Trinajstić information content (AvgIpc) is 3.44. The summed E-state index contributed by atoms with van der Waals surface area (Å²) >= 11 is 0. The van der Waals surface area contributed by atoms with E-state index in [2.05, 4.69) is 120 Å². The van der Waals surface area contributed by atoms with E-state index in [1.165, 1.54) is 26.9 Å². The van der Waals surface area contributed by atoms with Crippen molar-refractivity contribution in [2.24, 2.45) is 0 Å². The lowest BCUT2D eigenvalue weighted by molar-refractivity contribution is 0.670. The second-order valence-corrected chi connectivity index (χ2v) is 10.6. The van der Waals surface area contributed by atoms with E-state index in [1.807, 2.05) is 6.07 Å². The van der Waals surface area contributed by atoms with Gasteiger partial charge < -0.3 is 4.42 Å². The van der Waals surface area contributed by atoms with Crippen LogP contribution >= 0.6 is 0 Å². The van der Waals surface area contributed by atoms with E-state index in [1.54, 1.807) is 12.4 Å². The topological polar surface area (TPSA) is 38.9 Å². The lowest BCUT2D eigenvalue weighted by Crippen LogP contribution is -1.89. The smallest absolute Gasteiger partial charge is 0.143 e. The Kier molecular flexibility index (Phi) is 4.61. The molecule has 0 spiro atoms. The molecule has 3 nitrogen and oxygen atoms in total. The van der Waals surface area contributed by atoms with Gasteiger partial charge in [0, 0.05) is 39.5 Å². The molecule has 0 aliphatic rings. The molecule has 0 aliphatic heterocycles. The molecule has 0 saturated carbocycles. The van der Waals surface area contributed by atoms with Crippen LogP contribution in [0.4, 0.5) is 0 Å². The van der Waals surface area contributed by atoms with Gasteiger partial charge in [-0.3, -0.25) is 9.97 Å². The van der Waals surface area contributed by atoms with Gasteiger partial charge in [0.2, 0.25) is 0 Å². The van der Waals surface area contributed by atoms with Gasteiger partial charge in [-0.25, -0.2) is 0 Å². The summed E-state index contributed by atoms with van der Waals surface area (Å²) in [6, 6.07) is 43.1. The predicted molar refractivity (Wildman–Crippen MR) is 170 cm³/mol. The molecule has 0 fully saturated rings. The molecule has 2 heterocycles. The maximum Gasteiger partial charge on any atom is 0.143 e. The van der Waals surface area contributed by atoms with E-state index >= 15 is 0 Å². The largest absolute Gasteiger partial charge is 0.455 e. The minimum Gasteiger partial charge on any atom is -0.455 e. The third kappa shape index (κ3) is 3.26. The molecule has 2 aromatic heterocycles. The first-order valence-corrected chi connectivity index (χ1v) is 13.8. The number of benzene rings is 7. The number of aromatic nitrogens is 2. The van der Waals surface area contributed by atoms with Crippen LogP contribution in [-0.4, -0.2) is 9.97 Å². The van der Waals surface area contributed by atoms with Crippen molar-refractivity contribution in [3.63, 3.8) is 0 Å². The number of fused-ring (bicyclic) bond motifs is 11. The Balaban J connectivity index is 1.29. The fourth-order valence-electron chi connectivity index (χ4n) is 6.46. The van der Waals surface area contributed by atoms with E-state index in [4.69, 9.17) is 9.40 Å². The van der Waals surface area contributed by atoms with Gasteiger partial charge >= 0.3 is 0 Å². The first kappa shape index (κ1) is 22.3. The van der Waals surface area contributed by atoms with Crippen LogP contribution in [0.25, 0.3) is 87.5 Å². The Hall–Kier alpha value is -5.54. The number of para-hydroxylation sites is 1.